The molecule has 0 radical (unpaired) electrons. The van der Waals surface area contributed by atoms with E-state index in [0.29, 0.717) is 22.8 Å². The molecule has 1 aromatic rings. The molecule has 0 saturated carbocycles. The van der Waals surface area contributed by atoms with Gasteiger partial charge in [-0.3, -0.25) is 4.79 Å². The van der Waals surface area contributed by atoms with Crippen LogP contribution >= 0.6 is 27.5 Å². The number of halogens is 2. The molecule has 3 nitrogen and oxygen atoms in total. The lowest BCUT2D eigenvalue weighted by Crippen LogP contribution is -2.06. The molecule has 0 aliphatic carbocycles. The van der Waals surface area contributed by atoms with Gasteiger partial charge in [0.2, 0.25) is 0 Å². The minimum Gasteiger partial charge on any atom is -0.462 e. The maximum absolute atomic E-state index is 11.5. The van der Waals surface area contributed by atoms with Gasteiger partial charge >= 0.3 is 5.97 Å². The average Bonchev–Trinajstić information content (AvgIpc) is 2.28. The summed E-state index contributed by atoms with van der Waals surface area (Å²) in [5, 5.41) is 0.368. The lowest BCUT2D eigenvalue weighted by Gasteiger charge is -2.10. The lowest BCUT2D eigenvalue weighted by atomic mass is 10.1. The van der Waals surface area contributed by atoms with Crippen LogP contribution in [0.4, 0.5) is 0 Å². The number of ether oxygens (including phenoxy) is 1. The largest absolute Gasteiger partial charge is 0.462 e. The molecule has 1 unspecified atom stereocenters. The lowest BCUT2D eigenvalue weighted by molar-refractivity contribution is -0.116. The molecule has 5 heteroatoms. The van der Waals surface area contributed by atoms with E-state index in [1.807, 2.05) is 0 Å². The van der Waals surface area contributed by atoms with Gasteiger partial charge in [0, 0.05) is 5.02 Å². The van der Waals surface area contributed by atoms with Crippen molar-refractivity contribution in [3.05, 3.63) is 34.3 Å². The van der Waals surface area contributed by atoms with Crippen LogP contribution in [0.5, 0.6) is 0 Å². The van der Waals surface area contributed by atoms with Crippen molar-refractivity contribution in [2.75, 3.05) is 6.61 Å². The van der Waals surface area contributed by atoms with Crippen molar-refractivity contribution in [3.8, 4) is 0 Å². The van der Waals surface area contributed by atoms with E-state index < -0.39 is 10.8 Å². The van der Waals surface area contributed by atoms with E-state index >= 15 is 0 Å². The number of carbonyl (C=O) groups excluding carboxylic acids is 2. The molecule has 0 bridgehead atoms. The van der Waals surface area contributed by atoms with E-state index in [4.69, 9.17) is 16.3 Å². The van der Waals surface area contributed by atoms with Gasteiger partial charge in [-0.2, -0.15) is 0 Å². The van der Waals surface area contributed by atoms with E-state index in [1.165, 1.54) is 13.0 Å². The van der Waals surface area contributed by atoms with E-state index in [-0.39, 0.29) is 5.78 Å². The fraction of sp³-hybridized carbons (Fsp3) is 0.333. The number of rotatable bonds is 4. The van der Waals surface area contributed by atoms with E-state index in [9.17, 15) is 9.59 Å². The summed E-state index contributed by atoms with van der Waals surface area (Å²) in [5.41, 5.74) is 1.02. The van der Waals surface area contributed by atoms with Crippen LogP contribution < -0.4 is 0 Å². The predicted molar refractivity (Wildman–Crippen MR) is 69.8 cm³/mol. The number of hydrogen-bond acceptors (Lipinski definition) is 3. The van der Waals surface area contributed by atoms with Crippen molar-refractivity contribution in [3.63, 3.8) is 0 Å². The highest BCUT2D eigenvalue weighted by Crippen LogP contribution is 2.30. The topological polar surface area (TPSA) is 43.4 Å². The highest BCUT2D eigenvalue weighted by atomic mass is 79.9. The van der Waals surface area contributed by atoms with Gasteiger partial charge in [0.1, 0.15) is 5.78 Å². The molecular formula is C12H12BrClO3. The van der Waals surface area contributed by atoms with Crippen LogP contribution in [-0.4, -0.2) is 18.4 Å². The first-order valence-electron chi connectivity index (χ1n) is 5.08. The highest BCUT2D eigenvalue weighted by molar-refractivity contribution is 9.09. The molecule has 0 aliphatic heterocycles. The Morgan fingerprint density at radius 1 is 1.47 bits per heavy atom. The Hall–Kier alpha value is -0.870. The van der Waals surface area contributed by atoms with Crippen molar-refractivity contribution in [2.45, 2.75) is 18.7 Å². The van der Waals surface area contributed by atoms with Gasteiger partial charge in [0.15, 0.2) is 0 Å². The summed E-state index contributed by atoms with van der Waals surface area (Å²) >= 11 is 9.27. The van der Waals surface area contributed by atoms with Gasteiger partial charge in [-0.15, -0.1) is 0 Å². The zero-order chi connectivity index (χ0) is 13.0. The molecule has 0 saturated heterocycles. The minimum atomic E-state index is -0.453. The molecule has 0 fully saturated rings. The predicted octanol–water partition coefficient (Wildman–Crippen LogP) is 3.54. The molecule has 1 atom stereocenters. The second-order valence-corrected chi connectivity index (χ2v) is 4.75. The molecule has 0 spiro atoms. The van der Waals surface area contributed by atoms with Gasteiger partial charge in [0.05, 0.1) is 17.0 Å². The second kappa shape index (κ2) is 6.17. The van der Waals surface area contributed by atoms with Crippen LogP contribution in [0, 0.1) is 0 Å². The fourth-order valence-electron chi connectivity index (χ4n) is 1.29. The Labute approximate surface area is 113 Å². The number of Topliss-reactive ketones (excluding diaryl/α,β-unsaturated/α-hetero) is 1. The molecule has 0 heterocycles. The number of carbonyl (C=O) groups is 2. The first kappa shape index (κ1) is 14.2. The number of hydrogen-bond donors (Lipinski definition) is 0. The first-order chi connectivity index (χ1) is 7.97. The summed E-state index contributed by atoms with van der Waals surface area (Å²) < 4.78 is 4.85. The van der Waals surface area contributed by atoms with Crippen LogP contribution in [0.2, 0.25) is 5.02 Å². The highest BCUT2D eigenvalue weighted by Gasteiger charge is 2.17. The smallest absolute Gasteiger partial charge is 0.338 e. The van der Waals surface area contributed by atoms with Crippen LogP contribution in [0.15, 0.2) is 18.2 Å². The van der Waals surface area contributed by atoms with Gasteiger partial charge in [-0.05, 0) is 31.5 Å². The number of esters is 1. The van der Waals surface area contributed by atoms with Gasteiger partial charge < -0.3 is 4.74 Å². The van der Waals surface area contributed by atoms with Crippen LogP contribution in [0.25, 0.3) is 0 Å². The van der Waals surface area contributed by atoms with Crippen LogP contribution in [0.3, 0.4) is 0 Å². The number of benzene rings is 1. The quantitative estimate of drug-likeness (QED) is 0.630. The summed E-state index contributed by atoms with van der Waals surface area (Å²) in [6.45, 7) is 3.51. The van der Waals surface area contributed by atoms with Crippen molar-refractivity contribution < 1.29 is 14.3 Å². The Morgan fingerprint density at radius 2 is 2.12 bits per heavy atom. The minimum absolute atomic E-state index is 0.0456. The summed E-state index contributed by atoms with van der Waals surface area (Å²) in [6, 6.07) is 4.75. The fourth-order valence-corrected chi connectivity index (χ4v) is 2.11. The average molecular weight is 320 g/mol. The Bertz CT molecular complexity index is 445. The zero-order valence-corrected chi connectivity index (χ0v) is 11.8. The Kier molecular flexibility index (Phi) is 5.15. The SMILES string of the molecule is CCOC(=O)c1ccc(C(Br)C(C)=O)c(Cl)c1. The number of alkyl halides is 1. The maximum atomic E-state index is 11.5. The summed E-state index contributed by atoms with van der Waals surface area (Å²) in [4.78, 5) is 22.2. The second-order valence-electron chi connectivity index (χ2n) is 3.43. The molecule has 17 heavy (non-hydrogen) atoms. The van der Waals surface area contributed by atoms with Gasteiger partial charge in [-0.1, -0.05) is 33.6 Å². The van der Waals surface area contributed by atoms with Crippen molar-refractivity contribution >= 4 is 39.3 Å². The van der Waals surface area contributed by atoms with Crippen LogP contribution in [-0.2, 0) is 9.53 Å². The Morgan fingerprint density at radius 3 is 2.59 bits per heavy atom. The summed E-state index contributed by atoms with van der Waals surface area (Å²) in [7, 11) is 0. The molecule has 1 rings (SSSR count). The third kappa shape index (κ3) is 3.54. The van der Waals surface area contributed by atoms with Crippen molar-refractivity contribution in [2.24, 2.45) is 0 Å². The molecular weight excluding hydrogens is 307 g/mol. The standard InChI is InChI=1S/C12H12BrClO3/c1-3-17-12(16)8-4-5-9(10(14)6-8)11(13)7(2)15/h4-6,11H,3H2,1-2H3. The molecule has 0 aliphatic rings. The molecule has 0 N–H and O–H groups in total. The van der Waals surface area contributed by atoms with Crippen molar-refractivity contribution in [1.29, 1.82) is 0 Å². The molecule has 92 valence electrons. The third-order valence-corrected chi connectivity index (χ3v) is 3.61. The van der Waals surface area contributed by atoms with E-state index in [1.54, 1.807) is 19.1 Å². The monoisotopic (exact) mass is 318 g/mol. The molecule has 0 amide bonds. The summed E-state index contributed by atoms with van der Waals surface area (Å²) in [5.74, 6) is -0.467. The van der Waals surface area contributed by atoms with E-state index in [2.05, 4.69) is 15.9 Å². The molecule has 1 aromatic carbocycles. The van der Waals surface area contributed by atoms with Gasteiger partial charge in [-0.25, -0.2) is 4.79 Å². The molecule has 0 aromatic heterocycles. The first-order valence-corrected chi connectivity index (χ1v) is 6.37. The van der Waals surface area contributed by atoms with Crippen LogP contribution in [0.1, 0.15) is 34.6 Å². The Balaban J connectivity index is 3.01. The van der Waals surface area contributed by atoms with Gasteiger partial charge in [0.25, 0.3) is 0 Å². The summed E-state index contributed by atoms with van der Waals surface area (Å²) in [6.07, 6.45) is 0. The van der Waals surface area contributed by atoms with E-state index in [0.717, 1.165) is 0 Å². The van der Waals surface area contributed by atoms with Crippen molar-refractivity contribution in [1.82, 2.24) is 0 Å². The third-order valence-electron chi connectivity index (χ3n) is 2.14. The number of ketones is 1. The zero-order valence-electron chi connectivity index (χ0n) is 9.50. The maximum Gasteiger partial charge on any atom is 0.338 e. The normalized spacial score (nSPS) is 12.0.